The van der Waals surface area contributed by atoms with E-state index in [9.17, 15) is 0 Å². The summed E-state index contributed by atoms with van der Waals surface area (Å²) in [5.74, 6) is 0.589. The Kier molecular flexibility index (Phi) is 5.74. The summed E-state index contributed by atoms with van der Waals surface area (Å²) in [5.41, 5.74) is 10.3. The third-order valence-corrected chi connectivity index (χ3v) is 9.81. The first kappa shape index (κ1) is 24.6. The lowest BCUT2D eigenvalue weighted by molar-refractivity contribution is 0.224. The van der Waals surface area contributed by atoms with Gasteiger partial charge in [0, 0.05) is 16.3 Å². The van der Waals surface area contributed by atoms with Crippen molar-refractivity contribution in [1.29, 1.82) is 0 Å². The Morgan fingerprint density at radius 1 is 0.744 bits per heavy atom. The van der Waals surface area contributed by atoms with E-state index in [4.69, 9.17) is 4.98 Å². The molecular formula is C37H40N2. The standard InChI is InChI=1S/C37H40N2/c1-36(2)20-16-25(17-21-36)27-13-9-14-28(26-18-22-37(3,4)23-19-26)34(27)33-24-38-35-31-12-6-5-10-29(31)30-11-7-8-15-32(30)39(33)35/h5-16,24,26H,17-23H2,1-4H3. The summed E-state index contributed by atoms with van der Waals surface area (Å²) in [6, 6.07) is 24.8. The van der Waals surface area contributed by atoms with Crippen molar-refractivity contribution < 1.29 is 0 Å². The first-order chi connectivity index (χ1) is 18.8. The molecule has 0 radical (unpaired) electrons. The maximum atomic E-state index is 5.14. The van der Waals surface area contributed by atoms with Crippen LogP contribution in [-0.2, 0) is 0 Å². The number of pyridine rings is 1. The summed E-state index contributed by atoms with van der Waals surface area (Å²) in [6.45, 7) is 9.69. The molecule has 5 aromatic rings. The summed E-state index contributed by atoms with van der Waals surface area (Å²) in [7, 11) is 0. The molecule has 2 nitrogen and oxygen atoms in total. The molecule has 0 bridgehead atoms. The average Bonchev–Trinajstić information content (AvgIpc) is 3.38. The molecule has 2 heterocycles. The number of allylic oxidation sites excluding steroid dienone is 2. The van der Waals surface area contributed by atoms with Crippen LogP contribution in [0.1, 0.15) is 89.7 Å². The van der Waals surface area contributed by atoms with Crippen molar-refractivity contribution in [2.45, 2.75) is 78.6 Å². The molecule has 2 aliphatic carbocycles. The molecule has 0 amide bonds. The molecule has 3 aromatic carbocycles. The molecule has 1 fully saturated rings. The van der Waals surface area contributed by atoms with E-state index in [1.165, 1.54) is 81.7 Å². The first-order valence-corrected chi connectivity index (χ1v) is 14.9. The fourth-order valence-corrected chi connectivity index (χ4v) is 7.27. The van der Waals surface area contributed by atoms with Crippen molar-refractivity contribution in [2.24, 2.45) is 10.8 Å². The van der Waals surface area contributed by atoms with Crippen LogP contribution in [0.3, 0.4) is 0 Å². The number of imidazole rings is 1. The largest absolute Gasteiger partial charge is 0.292 e. The van der Waals surface area contributed by atoms with Gasteiger partial charge in [0.25, 0.3) is 0 Å². The number of hydrogen-bond donors (Lipinski definition) is 0. The van der Waals surface area contributed by atoms with E-state index >= 15 is 0 Å². The topological polar surface area (TPSA) is 17.3 Å². The molecule has 7 rings (SSSR count). The monoisotopic (exact) mass is 512 g/mol. The molecule has 0 atom stereocenters. The van der Waals surface area contributed by atoms with Gasteiger partial charge in [0.2, 0.25) is 0 Å². The molecule has 0 aliphatic heterocycles. The van der Waals surface area contributed by atoms with Gasteiger partial charge in [-0.15, -0.1) is 0 Å². The Hall–Kier alpha value is -3.39. The van der Waals surface area contributed by atoms with Crippen LogP contribution in [0.15, 0.2) is 79.0 Å². The Morgan fingerprint density at radius 3 is 2.21 bits per heavy atom. The highest BCUT2D eigenvalue weighted by Crippen LogP contribution is 2.48. The predicted octanol–water partition coefficient (Wildman–Crippen LogP) is 10.6. The number of benzene rings is 3. The highest BCUT2D eigenvalue weighted by atomic mass is 15.0. The van der Waals surface area contributed by atoms with Gasteiger partial charge >= 0.3 is 0 Å². The average molecular weight is 513 g/mol. The molecule has 1 saturated carbocycles. The van der Waals surface area contributed by atoms with Crippen LogP contribution in [0.25, 0.3) is 44.2 Å². The van der Waals surface area contributed by atoms with E-state index in [1.54, 1.807) is 0 Å². The zero-order valence-electron chi connectivity index (χ0n) is 23.9. The summed E-state index contributed by atoms with van der Waals surface area (Å²) in [5, 5.41) is 3.79. The summed E-state index contributed by atoms with van der Waals surface area (Å²) < 4.78 is 2.46. The van der Waals surface area contributed by atoms with Crippen molar-refractivity contribution in [2.75, 3.05) is 0 Å². The van der Waals surface area contributed by atoms with E-state index < -0.39 is 0 Å². The van der Waals surface area contributed by atoms with Crippen molar-refractivity contribution in [1.82, 2.24) is 9.38 Å². The number of hydrogen-bond acceptors (Lipinski definition) is 1. The predicted molar refractivity (Wildman–Crippen MR) is 166 cm³/mol. The summed E-state index contributed by atoms with van der Waals surface area (Å²) in [4.78, 5) is 5.14. The molecule has 2 aliphatic rings. The lowest BCUT2D eigenvalue weighted by Gasteiger charge is -2.36. The third kappa shape index (κ3) is 4.20. The van der Waals surface area contributed by atoms with Gasteiger partial charge < -0.3 is 0 Å². The first-order valence-electron chi connectivity index (χ1n) is 14.9. The fourth-order valence-electron chi connectivity index (χ4n) is 7.27. The molecule has 2 heteroatoms. The van der Waals surface area contributed by atoms with Gasteiger partial charge in [-0.3, -0.25) is 4.40 Å². The number of fused-ring (bicyclic) bond motifs is 6. The third-order valence-electron chi connectivity index (χ3n) is 9.81. The molecule has 0 unspecified atom stereocenters. The summed E-state index contributed by atoms with van der Waals surface area (Å²) >= 11 is 0. The minimum absolute atomic E-state index is 0.384. The van der Waals surface area contributed by atoms with Gasteiger partial charge in [0.1, 0.15) is 5.65 Å². The van der Waals surface area contributed by atoms with Crippen LogP contribution in [0.2, 0.25) is 0 Å². The van der Waals surface area contributed by atoms with Crippen molar-refractivity contribution in [3.63, 3.8) is 0 Å². The van der Waals surface area contributed by atoms with E-state index in [1.807, 2.05) is 0 Å². The van der Waals surface area contributed by atoms with Crippen molar-refractivity contribution in [3.05, 3.63) is 90.1 Å². The minimum atomic E-state index is 0.384. The number of aromatic nitrogens is 2. The van der Waals surface area contributed by atoms with Gasteiger partial charge in [-0.2, -0.15) is 0 Å². The van der Waals surface area contributed by atoms with Crippen LogP contribution in [0.4, 0.5) is 0 Å². The molecule has 0 spiro atoms. The van der Waals surface area contributed by atoms with Gasteiger partial charge in [0.05, 0.1) is 17.4 Å². The van der Waals surface area contributed by atoms with Gasteiger partial charge in [0.15, 0.2) is 0 Å². The maximum absolute atomic E-state index is 5.14. The van der Waals surface area contributed by atoms with Gasteiger partial charge in [-0.1, -0.05) is 94.4 Å². The zero-order valence-corrected chi connectivity index (χ0v) is 23.9. The Bertz CT molecular complexity index is 1740. The molecule has 2 aromatic heterocycles. The van der Waals surface area contributed by atoms with Gasteiger partial charge in [-0.25, -0.2) is 4.98 Å². The van der Waals surface area contributed by atoms with Crippen molar-refractivity contribution >= 4 is 32.9 Å². The highest BCUT2D eigenvalue weighted by Gasteiger charge is 2.31. The maximum Gasteiger partial charge on any atom is 0.145 e. The quantitative estimate of drug-likeness (QED) is 0.220. The lowest BCUT2D eigenvalue weighted by Crippen LogP contribution is -2.21. The lowest BCUT2D eigenvalue weighted by atomic mass is 9.69. The Labute approximate surface area is 232 Å². The van der Waals surface area contributed by atoms with Crippen LogP contribution in [0.5, 0.6) is 0 Å². The van der Waals surface area contributed by atoms with Crippen molar-refractivity contribution in [3.8, 4) is 11.3 Å². The fraction of sp³-hybridized carbons (Fsp3) is 0.378. The number of nitrogens with zero attached hydrogens (tertiary/aromatic N) is 2. The van der Waals surface area contributed by atoms with E-state index in [-0.39, 0.29) is 0 Å². The Balaban J connectivity index is 1.52. The molecule has 0 N–H and O–H groups in total. The molecule has 39 heavy (non-hydrogen) atoms. The smallest absolute Gasteiger partial charge is 0.145 e. The van der Waals surface area contributed by atoms with Crippen LogP contribution < -0.4 is 0 Å². The number of rotatable bonds is 3. The summed E-state index contributed by atoms with van der Waals surface area (Å²) in [6.07, 6.45) is 13.3. The molecule has 0 saturated heterocycles. The molecular weight excluding hydrogens is 472 g/mol. The second-order valence-electron chi connectivity index (χ2n) is 13.7. The van der Waals surface area contributed by atoms with Crippen LogP contribution >= 0.6 is 0 Å². The van der Waals surface area contributed by atoms with E-state index in [0.29, 0.717) is 16.7 Å². The SMILES string of the molecule is CC1(C)CC=C(c2cccc(C3CCC(C)(C)CC3)c2-c2cnc3c4ccccc4c4ccccc4n23)CC1. The van der Waals surface area contributed by atoms with E-state index in [0.717, 1.165) is 18.5 Å². The van der Waals surface area contributed by atoms with Crippen LogP contribution in [-0.4, -0.2) is 9.38 Å². The zero-order chi connectivity index (χ0) is 26.8. The second kappa shape index (κ2) is 9.08. The normalized spacial score (nSPS) is 19.5. The minimum Gasteiger partial charge on any atom is -0.292 e. The number of para-hydroxylation sites is 1. The van der Waals surface area contributed by atoms with E-state index in [2.05, 4.69) is 111 Å². The molecule has 198 valence electrons. The highest BCUT2D eigenvalue weighted by molar-refractivity contribution is 6.12. The second-order valence-corrected chi connectivity index (χ2v) is 13.7. The Morgan fingerprint density at radius 2 is 1.46 bits per heavy atom. The van der Waals surface area contributed by atoms with Crippen LogP contribution in [0, 0.1) is 10.8 Å². The van der Waals surface area contributed by atoms with Gasteiger partial charge in [-0.05, 0) is 89.8 Å².